The van der Waals surface area contributed by atoms with Crippen LogP contribution in [0.1, 0.15) is 11.3 Å². The number of nitrogens with zero attached hydrogens (tertiary/aromatic N) is 3. The third-order valence-electron chi connectivity index (χ3n) is 2.60. The molecular formula is C13H15N5O3. The predicted octanol–water partition coefficient (Wildman–Crippen LogP) is 0.210. The van der Waals surface area contributed by atoms with Crippen molar-refractivity contribution in [3.05, 3.63) is 47.8 Å². The second-order valence-corrected chi connectivity index (χ2v) is 4.32. The Morgan fingerprint density at radius 3 is 2.67 bits per heavy atom. The summed E-state index contributed by atoms with van der Waals surface area (Å²) in [7, 11) is 0. The molecule has 3 N–H and O–H groups in total. The van der Waals surface area contributed by atoms with Crippen LogP contribution in [0.25, 0.3) is 0 Å². The number of carboxylic acid groups (broad SMARTS) is 1. The van der Waals surface area contributed by atoms with E-state index >= 15 is 0 Å². The summed E-state index contributed by atoms with van der Waals surface area (Å²) in [6, 6.07) is 9.24. The fraction of sp³-hybridized carbons (Fsp3) is 0.231. The average molecular weight is 289 g/mol. The van der Waals surface area contributed by atoms with Gasteiger partial charge in [0.2, 0.25) is 0 Å². The first-order chi connectivity index (χ1) is 10.1. The number of carbonyl (C=O) groups is 2. The van der Waals surface area contributed by atoms with Crippen molar-refractivity contribution < 1.29 is 14.7 Å². The lowest BCUT2D eigenvalue weighted by atomic mass is 10.2. The summed E-state index contributed by atoms with van der Waals surface area (Å²) in [5, 5.41) is 21.0. The Morgan fingerprint density at radius 1 is 1.19 bits per heavy atom. The molecule has 0 saturated heterocycles. The third kappa shape index (κ3) is 4.94. The Bertz CT molecular complexity index is 611. The van der Waals surface area contributed by atoms with Crippen molar-refractivity contribution in [1.82, 2.24) is 25.6 Å². The summed E-state index contributed by atoms with van der Waals surface area (Å²) in [6.45, 7) is 0.353. The molecule has 110 valence electrons. The van der Waals surface area contributed by atoms with Crippen molar-refractivity contribution in [3.63, 3.8) is 0 Å². The maximum absolute atomic E-state index is 11.3. The smallest absolute Gasteiger partial charge is 0.323 e. The number of carbonyl (C=O) groups excluding carboxylic acids is 1. The molecule has 8 nitrogen and oxygen atoms in total. The predicted molar refractivity (Wildman–Crippen MR) is 73.4 cm³/mol. The molecule has 0 atom stereocenters. The lowest BCUT2D eigenvalue weighted by Crippen LogP contribution is -2.38. The maximum atomic E-state index is 11.3. The minimum absolute atomic E-state index is 0.181. The lowest BCUT2D eigenvalue weighted by molar-refractivity contribution is -0.135. The SMILES string of the molecule is O=C(O)CNC(=O)NCc1cn(Cc2ccccc2)nn1. The van der Waals surface area contributed by atoms with Gasteiger partial charge >= 0.3 is 12.0 Å². The monoisotopic (exact) mass is 289 g/mol. The molecule has 1 aromatic heterocycles. The summed E-state index contributed by atoms with van der Waals surface area (Å²) >= 11 is 0. The van der Waals surface area contributed by atoms with Gasteiger partial charge in [0.25, 0.3) is 0 Å². The van der Waals surface area contributed by atoms with Crippen LogP contribution in [-0.2, 0) is 17.9 Å². The molecule has 0 radical (unpaired) electrons. The van der Waals surface area contributed by atoms with Crippen LogP contribution >= 0.6 is 0 Å². The van der Waals surface area contributed by atoms with Gasteiger partial charge in [-0.25, -0.2) is 9.48 Å². The zero-order valence-electron chi connectivity index (χ0n) is 11.2. The molecule has 8 heteroatoms. The summed E-state index contributed by atoms with van der Waals surface area (Å²) in [6.07, 6.45) is 1.73. The van der Waals surface area contributed by atoms with E-state index in [0.717, 1.165) is 5.56 Å². The highest BCUT2D eigenvalue weighted by Gasteiger charge is 2.05. The second-order valence-electron chi connectivity index (χ2n) is 4.32. The number of aromatic nitrogens is 3. The van der Waals surface area contributed by atoms with E-state index in [1.807, 2.05) is 30.3 Å². The van der Waals surface area contributed by atoms with Gasteiger partial charge in [-0.3, -0.25) is 4.79 Å². The van der Waals surface area contributed by atoms with Crippen molar-refractivity contribution in [1.29, 1.82) is 0 Å². The van der Waals surface area contributed by atoms with E-state index in [9.17, 15) is 9.59 Å². The van der Waals surface area contributed by atoms with E-state index in [0.29, 0.717) is 12.2 Å². The zero-order chi connectivity index (χ0) is 15.1. The number of aliphatic carboxylic acids is 1. The van der Waals surface area contributed by atoms with Crippen LogP contribution in [0.3, 0.4) is 0 Å². The molecule has 0 unspecified atom stereocenters. The van der Waals surface area contributed by atoms with Crippen molar-refractivity contribution in [3.8, 4) is 0 Å². The molecule has 0 spiro atoms. The van der Waals surface area contributed by atoms with Crippen LogP contribution in [0.5, 0.6) is 0 Å². The quantitative estimate of drug-likeness (QED) is 0.704. The maximum Gasteiger partial charge on any atom is 0.323 e. The standard InChI is InChI=1S/C13H15N5O3/c19-12(20)7-15-13(21)14-6-11-9-18(17-16-11)8-10-4-2-1-3-5-10/h1-5,9H,6-8H2,(H,19,20)(H2,14,15,21). The largest absolute Gasteiger partial charge is 0.480 e. The van der Waals surface area contributed by atoms with Crippen LogP contribution in [0.2, 0.25) is 0 Å². The summed E-state index contributed by atoms with van der Waals surface area (Å²) in [4.78, 5) is 21.6. The average Bonchev–Trinajstić information content (AvgIpc) is 2.91. The highest BCUT2D eigenvalue weighted by molar-refractivity contribution is 5.79. The molecular weight excluding hydrogens is 274 g/mol. The van der Waals surface area contributed by atoms with Gasteiger partial charge in [-0.1, -0.05) is 35.5 Å². The summed E-state index contributed by atoms with van der Waals surface area (Å²) in [5.41, 5.74) is 1.69. The van der Waals surface area contributed by atoms with Gasteiger partial charge in [-0.2, -0.15) is 0 Å². The summed E-state index contributed by atoms with van der Waals surface area (Å²) < 4.78 is 1.67. The molecule has 2 amide bonds. The molecule has 0 fully saturated rings. The fourth-order valence-electron chi connectivity index (χ4n) is 1.66. The van der Waals surface area contributed by atoms with Gasteiger partial charge in [0, 0.05) is 0 Å². The van der Waals surface area contributed by atoms with Crippen LogP contribution in [0, 0.1) is 0 Å². The van der Waals surface area contributed by atoms with Crippen LogP contribution < -0.4 is 10.6 Å². The van der Waals surface area contributed by atoms with Crippen molar-refractivity contribution >= 4 is 12.0 Å². The Balaban J connectivity index is 1.80. The number of amides is 2. The second kappa shape index (κ2) is 7.04. The number of hydrogen-bond acceptors (Lipinski definition) is 4. The normalized spacial score (nSPS) is 10.1. The van der Waals surface area contributed by atoms with Crippen molar-refractivity contribution in [2.24, 2.45) is 0 Å². The zero-order valence-corrected chi connectivity index (χ0v) is 11.2. The number of hydrogen-bond donors (Lipinski definition) is 3. The Labute approximate surface area is 120 Å². The Morgan fingerprint density at radius 2 is 1.95 bits per heavy atom. The third-order valence-corrected chi connectivity index (χ3v) is 2.60. The van der Waals surface area contributed by atoms with Crippen molar-refractivity contribution in [2.75, 3.05) is 6.54 Å². The molecule has 2 aromatic rings. The molecule has 21 heavy (non-hydrogen) atoms. The molecule has 0 aliphatic rings. The number of benzene rings is 1. The van der Waals surface area contributed by atoms with Crippen LogP contribution in [-0.4, -0.2) is 38.6 Å². The minimum Gasteiger partial charge on any atom is -0.480 e. The van der Waals surface area contributed by atoms with E-state index in [-0.39, 0.29) is 6.54 Å². The van der Waals surface area contributed by atoms with Gasteiger partial charge in [0.15, 0.2) is 0 Å². The first-order valence-corrected chi connectivity index (χ1v) is 6.30. The first-order valence-electron chi connectivity index (χ1n) is 6.30. The topological polar surface area (TPSA) is 109 Å². The first kappa shape index (κ1) is 14.5. The molecule has 1 aromatic carbocycles. The van der Waals surface area contributed by atoms with Crippen LogP contribution in [0.15, 0.2) is 36.5 Å². The van der Waals surface area contributed by atoms with Gasteiger partial charge in [-0.15, -0.1) is 5.10 Å². The van der Waals surface area contributed by atoms with E-state index < -0.39 is 18.5 Å². The van der Waals surface area contributed by atoms with Gasteiger partial charge in [0.1, 0.15) is 12.2 Å². The summed E-state index contributed by atoms with van der Waals surface area (Å²) in [5.74, 6) is -1.10. The lowest BCUT2D eigenvalue weighted by Gasteiger charge is -2.03. The van der Waals surface area contributed by atoms with E-state index in [1.165, 1.54) is 0 Å². The Hall–Kier alpha value is -2.90. The van der Waals surface area contributed by atoms with E-state index in [4.69, 9.17) is 5.11 Å². The van der Waals surface area contributed by atoms with Crippen LogP contribution in [0.4, 0.5) is 4.79 Å². The van der Waals surface area contributed by atoms with E-state index in [1.54, 1.807) is 10.9 Å². The van der Waals surface area contributed by atoms with Gasteiger partial charge in [-0.05, 0) is 5.56 Å². The highest BCUT2D eigenvalue weighted by Crippen LogP contribution is 2.02. The minimum atomic E-state index is -1.10. The Kier molecular flexibility index (Phi) is 4.86. The molecule has 2 rings (SSSR count). The molecule has 0 aliphatic heterocycles. The van der Waals surface area contributed by atoms with E-state index in [2.05, 4.69) is 20.9 Å². The van der Waals surface area contributed by atoms with Gasteiger partial charge < -0.3 is 15.7 Å². The molecule has 0 bridgehead atoms. The molecule has 1 heterocycles. The van der Waals surface area contributed by atoms with Gasteiger partial charge in [0.05, 0.1) is 19.3 Å². The molecule has 0 aliphatic carbocycles. The number of rotatable bonds is 6. The highest BCUT2D eigenvalue weighted by atomic mass is 16.4. The number of carboxylic acids is 1. The fourth-order valence-corrected chi connectivity index (χ4v) is 1.66. The number of urea groups is 1. The van der Waals surface area contributed by atoms with Crippen molar-refractivity contribution in [2.45, 2.75) is 13.1 Å². The molecule has 0 saturated carbocycles. The number of nitrogens with one attached hydrogen (secondary N) is 2.